The van der Waals surface area contributed by atoms with Crippen LogP contribution < -0.4 is 20.5 Å². The van der Waals surface area contributed by atoms with Gasteiger partial charge in [0.1, 0.15) is 6.04 Å². The van der Waals surface area contributed by atoms with E-state index in [9.17, 15) is 9.59 Å². The summed E-state index contributed by atoms with van der Waals surface area (Å²) in [5.41, 5.74) is 5.97. The summed E-state index contributed by atoms with van der Waals surface area (Å²) in [5.74, 6) is -0.124. The summed E-state index contributed by atoms with van der Waals surface area (Å²) in [6, 6.07) is 14.9. The smallest absolute Gasteiger partial charge is 0.258 e. The lowest BCUT2D eigenvalue weighted by molar-refractivity contribution is -0.128. The maximum Gasteiger partial charge on any atom is 0.258 e. The molecular formula is C17H18N2O4. The number of carbonyl (C=O) groups excluding carboxylic acids is 2. The van der Waals surface area contributed by atoms with E-state index in [-0.39, 0.29) is 6.61 Å². The average Bonchev–Trinajstić information content (AvgIpc) is 2.58. The number of hydrogen-bond donors (Lipinski definition) is 2. The number of rotatable bonds is 7. The van der Waals surface area contributed by atoms with Crippen molar-refractivity contribution < 1.29 is 19.1 Å². The van der Waals surface area contributed by atoms with E-state index in [1.54, 1.807) is 48.5 Å². The molecule has 23 heavy (non-hydrogen) atoms. The molecular weight excluding hydrogens is 296 g/mol. The zero-order valence-corrected chi connectivity index (χ0v) is 12.7. The van der Waals surface area contributed by atoms with Crippen molar-refractivity contribution in [1.29, 1.82) is 0 Å². The molecule has 0 fully saturated rings. The third kappa shape index (κ3) is 4.47. The largest absolute Gasteiger partial charge is 0.493 e. The third-order valence-electron chi connectivity index (χ3n) is 3.15. The number of nitrogens with two attached hydrogens (primary N) is 1. The molecule has 2 aromatic rings. The first-order chi connectivity index (χ1) is 11.1. The van der Waals surface area contributed by atoms with Gasteiger partial charge in [-0.25, -0.2) is 0 Å². The normalized spacial score (nSPS) is 11.3. The van der Waals surface area contributed by atoms with Gasteiger partial charge in [0.2, 0.25) is 5.91 Å². The number of methoxy groups -OCH3 is 1. The number of benzene rings is 2. The number of para-hydroxylation sites is 2. The van der Waals surface area contributed by atoms with Crippen molar-refractivity contribution in [3.8, 4) is 11.5 Å². The summed E-state index contributed by atoms with van der Waals surface area (Å²) in [6.45, 7) is -0.253. The fraction of sp³-hybridized carbons (Fsp3) is 0.176. The van der Waals surface area contributed by atoms with Crippen LogP contribution in [-0.4, -0.2) is 25.5 Å². The number of hydrogen-bond acceptors (Lipinski definition) is 4. The van der Waals surface area contributed by atoms with Gasteiger partial charge in [0.05, 0.1) is 7.11 Å². The lowest BCUT2D eigenvalue weighted by Gasteiger charge is -2.16. The molecule has 0 aliphatic carbocycles. The molecule has 0 heterocycles. The lowest BCUT2D eigenvalue weighted by Crippen LogP contribution is -2.39. The van der Waals surface area contributed by atoms with Gasteiger partial charge in [-0.05, 0) is 17.7 Å². The standard InChI is InChI=1S/C17H18N2O4/c1-22-13-9-5-6-10-14(13)23-11-15(20)19-16(17(18)21)12-7-3-2-4-8-12/h2-10,16H,11H2,1H3,(H2,18,21)(H,19,20). The number of amides is 2. The predicted octanol–water partition coefficient (Wildman–Crippen LogP) is 1.42. The Hall–Kier alpha value is -3.02. The molecule has 2 aromatic carbocycles. The molecule has 1 unspecified atom stereocenters. The van der Waals surface area contributed by atoms with Gasteiger partial charge in [-0.3, -0.25) is 9.59 Å². The van der Waals surface area contributed by atoms with Gasteiger partial charge < -0.3 is 20.5 Å². The third-order valence-corrected chi connectivity index (χ3v) is 3.15. The highest BCUT2D eigenvalue weighted by molar-refractivity contribution is 5.88. The average molecular weight is 314 g/mol. The minimum absolute atomic E-state index is 0.253. The van der Waals surface area contributed by atoms with E-state index in [1.165, 1.54) is 7.11 Å². The number of carbonyl (C=O) groups is 2. The highest BCUT2D eigenvalue weighted by Gasteiger charge is 2.20. The summed E-state index contributed by atoms with van der Waals surface area (Å²) < 4.78 is 10.6. The molecule has 0 aliphatic rings. The van der Waals surface area contributed by atoms with E-state index in [2.05, 4.69) is 5.32 Å². The SMILES string of the molecule is COc1ccccc1OCC(=O)NC(C(N)=O)c1ccccc1. The molecule has 1 atom stereocenters. The molecule has 0 aliphatic heterocycles. The maximum absolute atomic E-state index is 12.0. The fourth-order valence-corrected chi connectivity index (χ4v) is 2.05. The van der Waals surface area contributed by atoms with E-state index in [1.807, 2.05) is 6.07 Å². The Morgan fingerprint density at radius 1 is 1.04 bits per heavy atom. The van der Waals surface area contributed by atoms with Gasteiger partial charge in [-0.1, -0.05) is 42.5 Å². The van der Waals surface area contributed by atoms with Crippen molar-refractivity contribution >= 4 is 11.8 Å². The molecule has 0 saturated carbocycles. The Balaban J connectivity index is 1.99. The second-order valence-corrected chi connectivity index (χ2v) is 4.75. The van der Waals surface area contributed by atoms with Crippen LogP contribution in [0.15, 0.2) is 54.6 Å². The summed E-state index contributed by atoms with van der Waals surface area (Å²) >= 11 is 0. The van der Waals surface area contributed by atoms with Crippen LogP contribution in [0, 0.1) is 0 Å². The van der Waals surface area contributed by atoms with Crippen molar-refractivity contribution in [3.63, 3.8) is 0 Å². The Kier molecular flexibility index (Phi) is 5.57. The van der Waals surface area contributed by atoms with Crippen LogP contribution in [0.4, 0.5) is 0 Å². The Bertz CT molecular complexity index is 673. The van der Waals surface area contributed by atoms with Crippen molar-refractivity contribution in [3.05, 3.63) is 60.2 Å². The maximum atomic E-state index is 12.0. The van der Waals surface area contributed by atoms with Gasteiger partial charge in [0, 0.05) is 0 Å². The van der Waals surface area contributed by atoms with Crippen LogP contribution in [0.5, 0.6) is 11.5 Å². The van der Waals surface area contributed by atoms with E-state index >= 15 is 0 Å². The summed E-state index contributed by atoms with van der Waals surface area (Å²) in [5, 5.41) is 2.56. The highest BCUT2D eigenvalue weighted by Crippen LogP contribution is 2.25. The van der Waals surface area contributed by atoms with Gasteiger partial charge in [-0.2, -0.15) is 0 Å². The number of primary amides is 1. The first-order valence-electron chi connectivity index (χ1n) is 7.01. The zero-order valence-electron chi connectivity index (χ0n) is 12.7. The molecule has 6 heteroatoms. The molecule has 3 N–H and O–H groups in total. The van der Waals surface area contributed by atoms with Gasteiger partial charge in [-0.15, -0.1) is 0 Å². The zero-order chi connectivity index (χ0) is 16.7. The summed E-state index contributed by atoms with van der Waals surface area (Å²) in [7, 11) is 1.51. The summed E-state index contributed by atoms with van der Waals surface area (Å²) in [4.78, 5) is 23.6. The molecule has 120 valence electrons. The Morgan fingerprint density at radius 2 is 1.65 bits per heavy atom. The van der Waals surface area contributed by atoms with Gasteiger partial charge >= 0.3 is 0 Å². The molecule has 0 saturated heterocycles. The van der Waals surface area contributed by atoms with E-state index in [4.69, 9.17) is 15.2 Å². The second kappa shape index (κ2) is 7.84. The predicted molar refractivity (Wildman–Crippen MR) is 85.0 cm³/mol. The van der Waals surface area contributed by atoms with E-state index in [0.29, 0.717) is 17.1 Å². The van der Waals surface area contributed by atoms with E-state index in [0.717, 1.165) is 0 Å². The quantitative estimate of drug-likeness (QED) is 0.808. The first kappa shape index (κ1) is 16.4. The molecule has 2 amide bonds. The van der Waals surface area contributed by atoms with Crippen LogP contribution >= 0.6 is 0 Å². The fourth-order valence-electron chi connectivity index (χ4n) is 2.05. The molecule has 0 spiro atoms. The van der Waals surface area contributed by atoms with Crippen LogP contribution in [0.25, 0.3) is 0 Å². The minimum Gasteiger partial charge on any atom is -0.493 e. The van der Waals surface area contributed by atoms with Crippen LogP contribution in [-0.2, 0) is 9.59 Å². The van der Waals surface area contributed by atoms with Crippen molar-refractivity contribution in [2.75, 3.05) is 13.7 Å². The van der Waals surface area contributed by atoms with Crippen molar-refractivity contribution in [2.24, 2.45) is 5.73 Å². The topological polar surface area (TPSA) is 90.7 Å². The number of nitrogens with one attached hydrogen (secondary N) is 1. The van der Waals surface area contributed by atoms with Crippen molar-refractivity contribution in [2.45, 2.75) is 6.04 Å². The Labute approximate surface area is 134 Å². The minimum atomic E-state index is -0.898. The molecule has 2 rings (SSSR count). The Morgan fingerprint density at radius 3 is 2.26 bits per heavy atom. The van der Waals surface area contributed by atoms with Crippen LogP contribution in [0.3, 0.4) is 0 Å². The summed E-state index contributed by atoms with van der Waals surface area (Å²) in [6.07, 6.45) is 0. The van der Waals surface area contributed by atoms with E-state index < -0.39 is 17.9 Å². The highest BCUT2D eigenvalue weighted by atomic mass is 16.5. The second-order valence-electron chi connectivity index (χ2n) is 4.75. The number of ether oxygens (including phenoxy) is 2. The van der Waals surface area contributed by atoms with Crippen LogP contribution in [0.2, 0.25) is 0 Å². The monoisotopic (exact) mass is 314 g/mol. The van der Waals surface area contributed by atoms with Crippen LogP contribution in [0.1, 0.15) is 11.6 Å². The van der Waals surface area contributed by atoms with Gasteiger partial charge in [0.15, 0.2) is 18.1 Å². The first-order valence-corrected chi connectivity index (χ1v) is 7.01. The molecule has 0 radical (unpaired) electrons. The molecule has 0 bridgehead atoms. The molecule has 0 aromatic heterocycles. The molecule has 6 nitrogen and oxygen atoms in total. The lowest BCUT2D eigenvalue weighted by atomic mass is 10.1. The van der Waals surface area contributed by atoms with Crippen molar-refractivity contribution in [1.82, 2.24) is 5.32 Å². The van der Waals surface area contributed by atoms with Gasteiger partial charge in [0.25, 0.3) is 5.91 Å².